The SMILES string of the molecule is Nc1c(C(=O)N2CCC(N)C2)sc2cnccc12. The lowest BCUT2D eigenvalue weighted by molar-refractivity contribution is 0.0796. The van der Waals surface area contributed by atoms with Gasteiger partial charge in [-0.05, 0) is 12.5 Å². The maximum Gasteiger partial charge on any atom is 0.266 e. The quantitative estimate of drug-likeness (QED) is 0.804. The molecule has 1 atom stereocenters. The number of hydrogen-bond donors (Lipinski definition) is 2. The summed E-state index contributed by atoms with van der Waals surface area (Å²) in [7, 11) is 0. The van der Waals surface area contributed by atoms with E-state index in [0.29, 0.717) is 23.7 Å². The number of carbonyl (C=O) groups is 1. The van der Waals surface area contributed by atoms with Gasteiger partial charge in [0.05, 0.1) is 10.4 Å². The van der Waals surface area contributed by atoms with Crippen molar-refractivity contribution in [2.75, 3.05) is 18.8 Å². The minimum absolute atomic E-state index is 0.0124. The largest absolute Gasteiger partial charge is 0.397 e. The molecule has 1 aliphatic heterocycles. The molecule has 3 heterocycles. The van der Waals surface area contributed by atoms with E-state index >= 15 is 0 Å². The molecule has 1 aliphatic rings. The molecule has 0 aromatic carbocycles. The van der Waals surface area contributed by atoms with Crippen LogP contribution in [0.1, 0.15) is 16.1 Å². The van der Waals surface area contributed by atoms with E-state index in [0.717, 1.165) is 16.5 Å². The van der Waals surface area contributed by atoms with E-state index in [1.165, 1.54) is 11.3 Å². The molecule has 1 saturated heterocycles. The number of likely N-dealkylation sites (tertiary alicyclic amines) is 1. The van der Waals surface area contributed by atoms with E-state index < -0.39 is 0 Å². The first-order valence-electron chi connectivity index (χ1n) is 5.83. The third-order valence-corrected chi connectivity index (χ3v) is 4.38. The van der Waals surface area contributed by atoms with Gasteiger partial charge in [-0.1, -0.05) is 0 Å². The molecular weight excluding hydrogens is 248 g/mol. The fourth-order valence-electron chi connectivity index (χ4n) is 2.25. The Morgan fingerprint density at radius 1 is 1.56 bits per heavy atom. The van der Waals surface area contributed by atoms with Crippen LogP contribution in [-0.2, 0) is 0 Å². The van der Waals surface area contributed by atoms with Crippen LogP contribution in [0.5, 0.6) is 0 Å². The Kier molecular flexibility index (Phi) is 2.68. The number of anilines is 1. The summed E-state index contributed by atoms with van der Waals surface area (Å²) < 4.78 is 0.946. The number of nitrogen functional groups attached to an aromatic ring is 1. The third-order valence-electron chi connectivity index (χ3n) is 3.24. The van der Waals surface area contributed by atoms with Crippen molar-refractivity contribution in [3.8, 4) is 0 Å². The topological polar surface area (TPSA) is 85.2 Å². The maximum atomic E-state index is 12.4. The fraction of sp³-hybridized carbons (Fsp3) is 0.333. The van der Waals surface area contributed by atoms with Gasteiger partial charge < -0.3 is 16.4 Å². The number of amides is 1. The van der Waals surface area contributed by atoms with Crippen LogP contribution in [0.2, 0.25) is 0 Å². The van der Waals surface area contributed by atoms with E-state index in [2.05, 4.69) is 4.98 Å². The molecule has 5 nitrogen and oxygen atoms in total. The highest BCUT2D eigenvalue weighted by Gasteiger charge is 2.27. The molecule has 2 aromatic heterocycles. The molecule has 0 spiro atoms. The van der Waals surface area contributed by atoms with E-state index in [4.69, 9.17) is 11.5 Å². The minimum atomic E-state index is -0.0124. The van der Waals surface area contributed by atoms with Crippen LogP contribution >= 0.6 is 11.3 Å². The molecule has 0 bridgehead atoms. The molecular formula is C12H14N4OS. The van der Waals surface area contributed by atoms with Gasteiger partial charge >= 0.3 is 0 Å². The number of pyridine rings is 1. The van der Waals surface area contributed by atoms with Crippen LogP contribution in [-0.4, -0.2) is 34.9 Å². The number of nitrogens with two attached hydrogens (primary N) is 2. The Balaban J connectivity index is 1.99. The second-order valence-electron chi connectivity index (χ2n) is 4.52. The second-order valence-corrected chi connectivity index (χ2v) is 5.57. The molecule has 4 N–H and O–H groups in total. The van der Waals surface area contributed by atoms with E-state index in [1.54, 1.807) is 17.3 Å². The van der Waals surface area contributed by atoms with Gasteiger partial charge in [0.2, 0.25) is 0 Å². The van der Waals surface area contributed by atoms with Crippen molar-refractivity contribution in [2.45, 2.75) is 12.5 Å². The number of nitrogens with zero attached hydrogens (tertiary/aromatic N) is 2. The highest BCUT2D eigenvalue weighted by Crippen LogP contribution is 2.34. The summed E-state index contributed by atoms with van der Waals surface area (Å²) in [6, 6.07) is 1.93. The lowest BCUT2D eigenvalue weighted by Gasteiger charge is -2.14. The predicted molar refractivity (Wildman–Crippen MR) is 72.5 cm³/mol. The smallest absolute Gasteiger partial charge is 0.266 e. The van der Waals surface area contributed by atoms with Gasteiger partial charge in [-0.2, -0.15) is 0 Å². The number of carbonyl (C=O) groups excluding carboxylic acids is 1. The molecule has 1 fully saturated rings. The van der Waals surface area contributed by atoms with Crippen molar-refractivity contribution in [1.82, 2.24) is 9.88 Å². The van der Waals surface area contributed by atoms with E-state index in [-0.39, 0.29) is 11.9 Å². The normalized spacial score (nSPS) is 19.6. The lowest BCUT2D eigenvalue weighted by atomic mass is 10.2. The number of thiophene rings is 1. The van der Waals surface area contributed by atoms with Gasteiger partial charge in [-0.25, -0.2) is 0 Å². The van der Waals surface area contributed by atoms with Crippen LogP contribution in [0, 0.1) is 0 Å². The summed E-state index contributed by atoms with van der Waals surface area (Å²) in [4.78, 5) is 18.8. The van der Waals surface area contributed by atoms with Crippen molar-refractivity contribution in [1.29, 1.82) is 0 Å². The number of rotatable bonds is 1. The number of hydrogen-bond acceptors (Lipinski definition) is 5. The lowest BCUT2D eigenvalue weighted by Crippen LogP contribution is -2.31. The Bertz CT molecular complexity index is 609. The number of aromatic nitrogens is 1. The van der Waals surface area contributed by atoms with Crippen LogP contribution in [0.15, 0.2) is 18.5 Å². The Hall–Kier alpha value is -1.66. The highest BCUT2D eigenvalue weighted by atomic mass is 32.1. The number of fused-ring (bicyclic) bond motifs is 1. The standard InChI is InChI=1S/C12H14N4OS/c13-7-2-4-16(6-7)12(17)11-10(14)8-1-3-15-5-9(8)18-11/h1,3,5,7H,2,4,6,13-14H2. The van der Waals surface area contributed by atoms with Gasteiger partial charge in [0.1, 0.15) is 4.88 Å². The average Bonchev–Trinajstić information content (AvgIpc) is 2.94. The summed E-state index contributed by atoms with van der Waals surface area (Å²) in [6.07, 6.45) is 4.28. The van der Waals surface area contributed by atoms with Crippen LogP contribution in [0.3, 0.4) is 0 Å². The van der Waals surface area contributed by atoms with Gasteiger partial charge in [-0.3, -0.25) is 9.78 Å². The van der Waals surface area contributed by atoms with Crippen molar-refractivity contribution in [2.24, 2.45) is 5.73 Å². The summed E-state index contributed by atoms with van der Waals surface area (Å²) in [6.45, 7) is 1.33. The zero-order valence-electron chi connectivity index (χ0n) is 9.80. The first-order chi connectivity index (χ1) is 8.66. The van der Waals surface area contributed by atoms with Crippen LogP contribution < -0.4 is 11.5 Å². The molecule has 0 saturated carbocycles. The summed E-state index contributed by atoms with van der Waals surface area (Å²) in [5.74, 6) is -0.0124. The highest BCUT2D eigenvalue weighted by molar-refractivity contribution is 7.21. The Labute approximate surface area is 108 Å². The van der Waals surface area contributed by atoms with E-state index in [9.17, 15) is 4.79 Å². The monoisotopic (exact) mass is 262 g/mol. The Morgan fingerprint density at radius 2 is 2.39 bits per heavy atom. The summed E-state index contributed by atoms with van der Waals surface area (Å²) >= 11 is 1.40. The molecule has 0 aliphatic carbocycles. The molecule has 94 valence electrons. The van der Waals surface area contributed by atoms with Gasteiger partial charge in [0, 0.05) is 36.9 Å². The van der Waals surface area contributed by atoms with Crippen molar-refractivity contribution in [3.05, 3.63) is 23.3 Å². The van der Waals surface area contributed by atoms with E-state index in [1.807, 2.05) is 6.07 Å². The predicted octanol–water partition coefficient (Wildman–Crippen LogP) is 1.05. The summed E-state index contributed by atoms with van der Waals surface area (Å²) in [5, 5.41) is 0.904. The molecule has 2 aromatic rings. The van der Waals surface area contributed by atoms with Crippen molar-refractivity contribution < 1.29 is 4.79 Å². The maximum absolute atomic E-state index is 12.4. The fourth-order valence-corrected chi connectivity index (χ4v) is 3.30. The Morgan fingerprint density at radius 3 is 3.06 bits per heavy atom. The molecule has 18 heavy (non-hydrogen) atoms. The molecule has 6 heteroatoms. The van der Waals surface area contributed by atoms with Gasteiger partial charge in [-0.15, -0.1) is 11.3 Å². The molecule has 1 unspecified atom stereocenters. The molecule has 0 radical (unpaired) electrons. The molecule has 1 amide bonds. The van der Waals surface area contributed by atoms with Crippen molar-refractivity contribution >= 4 is 33.0 Å². The van der Waals surface area contributed by atoms with Crippen LogP contribution in [0.25, 0.3) is 10.1 Å². The zero-order chi connectivity index (χ0) is 12.7. The van der Waals surface area contributed by atoms with Crippen LogP contribution in [0.4, 0.5) is 5.69 Å². The summed E-state index contributed by atoms with van der Waals surface area (Å²) in [5.41, 5.74) is 12.4. The minimum Gasteiger partial charge on any atom is -0.397 e. The zero-order valence-corrected chi connectivity index (χ0v) is 10.6. The first-order valence-corrected chi connectivity index (χ1v) is 6.65. The van der Waals surface area contributed by atoms with Gasteiger partial charge in [0.15, 0.2) is 0 Å². The second kappa shape index (κ2) is 4.22. The van der Waals surface area contributed by atoms with Crippen molar-refractivity contribution in [3.63, 3.8) is 0 Å². The third kappa shape index (κ3) is 1.74. The van der Waals surface area contributed by atoms with Gasteiger partial charge in [0.25, 0.3) is 5.91 Å². The first kappa shape index (κ1) is 11.4. The molecule has 3 rings (SSSR count). The average molecular weight is 262 g/mol.